The molecular weight excluding hydrogens is 681 g/mol. The number of anilines is 3. The summed E-state index contributed by atoms with van der Waals surface area (Å²) in [5.41, 5.74) is 10.4. The van der Waals surface area contributed by atoms with Crippen LogP contribution in [-0.4, -0.2) is 4.98 Å². The second-order valence-corrected chi connectivity index (χ2v) is 14.4. The predicted octanol–water partition coefficient (Wildman–Crippen LogP) is 14.9. The molecule has 0 saturated heterocycles. The average Bonchev–Trinajstić information content (AvgIpc) is 3.71. The molecule has 56 heavy (non-hydrogen) atoms. The molecule has 0 fully saturated rings. The lowest BCUT2D eigenvalue weighted by atomic mass is 9.97. The van der Waals surface area contributed by atoms with Crippen LogP contribution in [0.25, 0.3) is 87.9 Å². The second kappa shape index (κ2) is 13.1. The van der Waals surface area contributed by atoms with Crippen molar-refractivity contribution in [2.75, 3.05) is 4.90 Å². The SMILES string of the molecule is c1ccc2cc(-c3nc4c(cc(N(c5ccc(-c6cccc7ccccc67)cc5)c5ccc(-c6cccc7ccccc67)cc5)c5ccccc54)o3)ccc2c1. The fourth-order valence-electron chi connectivity index (χ4n) is 8.33. The van der Waals surface area contributed by atoms with Crippen molar-refractivity contribution in [1.82, 2.24) is 4.98 Å². The largest absolute Gasteiger partial charge is 0.436 e. The van der Waals surface area contributed by atoms with Crippen LogP contribution in [0, 0.1) is 0 Å². The molecule has 0 unspecified atom stereocenters. The molecule has 11 aromatic rings. The predicted molar refractivity (Wildman–Crippen MR) is 235 cm³/mol. The average molecular weight is 715 g/mol. The summed E-state index contributed by atoms with van der Waals surface area (Å²) in [6, 6.07) is 73.5. The highest BCUT2D eigenvalue weighted by Crippen LogP contribution is 2.44. The number of nitrogens with zero attached hydrogens (tertiary/aromatic N) is 2. The van der Waals surface area contributed by atoms with E-state index < -0.39 is 0 Å². The lowest BCUT2D eigenvalue weighted by Gasteiger charge is -2.27. The summed E-state index contributed by atoms with van der Waals surface area (Å²) in [4.78, 5) is 7.47. The van der Waals surface area contributed by atoms with Gasteiger partial charge < -0.3 is 9.32 Å². The van der Waals surface area contributed by atoms with Gasteiger partial charge in [-0.15, -0.1) is 0 Å². The molecule has 0 aliphatic rings. The summed E-state index contributed by atoms with van der Waals surface area (Å²) in [5, 5.41) is 9.43. The standard InChI is InChI=1S/C53H34N2O/c1-2-14-40-33-41(24-23-35(40)11-1)53-54-52-49-20-8-7-19-48(49)50(34-51(52)56-53)55(42-29-25-38(26-30-42)46-21-9-15-36-12-3-5-17-44(36)46)43-31-27-39(28-32-43)47-22-10-16-37-13-4-6-18-45(37)47/h1-34H. The molecule has 0 saturated carbocycles. The lowest BCUT2D eigenvalue weighted by Crippen LogP contribution is -2.10. The molecule has 0 radical (unpaired) electrons. The zero-order valence-corrected chi connectivity index (χ0v) is 30.4. The number of hydrogen-bond donors (Lipinski definition) is 0. The van der Waals surface area contributed by atoms with Gasteiger partial charge in [0.1, 0.15) is 5.52 Å². The fraction of sp³-hybridized carbons (Fsp3) is 0. The monoisotopic (exact) mass is 714 g/mol. The van der Waals surface area contributed by atoms with E-state index in [9.17, 15) is 0 Å². The van der Waals surface area contributed by atoms with Gasteiger partial charge in [0.25, 0.3) is 0 Å². The molecular formula is C53H34N2O. The summed E-state index contributed by atoms with van der Waals surface area (Å²) < 4.78 is 6.67. The number of fused-ring (bicyclic) bond motifs is 6. The molecule has 0 spiro atoms. The van der Waals surface area contributed by atoms with E-state index in [1.54, 1.807) is 0 Å². The molecule has 1 aromatic heterocycles. The third-order valence-electron chi connectivity index (χ3n) is 11.1. The van der Waals surface area contributed by atoms with Gasteiger partial charge in [0, 0.05) is 33.8 Å². The molecule has 0 atom stereocenters. The molecule has 1 heterocycles. The summed E-state index contributed by atoms with van der Waals surface area (Å²) >= 11 is 0. The summed E-state index contributed by atoms with van der Waals surface area (Å²) in [6.45, 7) is 0. The molecule has 0 aliphatic carbocycles. The molecule has 0 aliphatic heterocycles. The Bertz CT molecular complexity index is 3120. The van der Waals surface area contributed by atoms with Crippen LogP contribution in [0.4, 0.5) is 17.1 Å². The fourth-order valence-corrected chi connectivity index (χ4v) is 8.33. The maximum Gasteiger partial charge on any atom is 0.227 e. The van der Waals surface area contributed by atoms with Crippen LogP contribution in [0.3, 0.4) is 0 Å². The first kappa shape index (κ1) is 32.0. The van der Waals surface area contributed by atoms with Crippen LogP contribution in [0.2, 0.25) is 0 Å². The summed E-state index contributed by atoms with van der Waals surface area (Å²) in [6.07, 6.45) is 0. The van der Waals surface area contributed by atoms with Gasteiger partial charge in [-0.25, -0.2) is 4.98 Å². The van der Waals surface area contributed by atoms with E-state index in [4.69, 9.17) is 9.40 Å². The lowest BCUT2D eigenvalue weighted by molar-refractivity contribution is 0.620. The van der Waals surface area contributed by atoms with Gasteiger partial charge >= 0.3 is 0 Å². The van der Waals surface area contributed by atoms with Gasteiger partial charge in [-0.2, -0.15) is 0 Å². The topological polar surface area (TPSA) is 29.3 Å². The van der Waals surface area contributed by atoms with Crippen LogP contribution >= 0.6 is 0 Å². The molecule has 262 valence electrons. The maximum atomic E-state index is 6.67. The van der Waals surface area contributed by atoms with Crippen LogP contribution in [0.15, 0.2) is 211 Å². The highest BCUT2D eigenvalue weighted by atomic mass is 16.3. The normalized spacial score (nSPS) is 11.6. The molecule has 10 aromatic carbocycles. The van der Waals surface area contributed by atoms with Crippen molar-refractivity contribution in [3.63, 3.8) is 0 Å². The Morgan fingerprint density at radius 1 is 0.357 bits per heavy atom. The minimum atomic E-state index is 0.610. The first-order valence-corrected chi connectivity index (χ1v) is 19.0. The zero-order valence-electron chi connectivity index (χ0n) is 30.4. The van der Waals surface area contributed by atoms with Gasteiger partial charge in [0.05, 0.1) is 5.69 Å². The van der Waals surface area contributed by atoms with Crippen molar-refractivity contribution >= 4 is 71.3 Å². The second-order valence-electron chi connectivity index (χ2n) is 14.4. The Hall–Kier alpha value is -7.49. The first-order valence-electron chi connectivity index (χ1n) is 19.0. The van der Waals surface area contributed by atoms with Gasteiger partial charge in [0.2, 0.25) is 5.89 Å². The van der Waals surface area contributed by atoms with E-state index >= 15 is 0 Å². The highest BCUT2D eigenvalue weighted by molar-refractivity contribution is 6.12. The van der Waals surface area contributed by atoms with Crippen molar-refractivity contribution < 1.29 is 4.42 Å². The van der Waals surface area contributed by atoms with Crippen molar-refractivity contribution in [3.05, 3.63) is 206 Å². The Kier molecular flexibility index (Phi) is 7.49. The maximum absolute atomic E-state index is 6.67. The number of oxazole rings is 1. The molecule has 11 rings (SSSR count). The van der Waals surface area contributed by atoms with Crippen LogP contribution in [0.5, 0.6) is 0 Å². The van der Waals surface area contributed by atoms with Crippen molar-refractivity contribution in [3.8, 4) is 33.7 Å². The number of benzene rings is 10. The molecule has 0 bridgehead atoms. The third-order valence-corrected chi connectivity index (χ3v) is 11.1. The molecule has 0 N–H and O–H groups in total. The minimum absolute atomic E-state index is 0.610. The van der Waals surface area contributed by atoms with E-state index in [2.05, 4.69) is 211 Å². The highest BCUT2D eigenvalue weighted by Gasteiger charge is 2.21. The molecule has 0 amide bonds. The zero-order chi connectivity index (χ0) is 37.0. The summed E-state index contributed by atoms with van der Waals surface area (Å²) in [5.74, 6) is 0.610. The van der Waals surface area contributed by atoms with Crippen LogP contribution < -0.4 is 4.90 Å². The van der Waals surface area contributed by atoms with E-state index in [0.29, 0.717) is 5.89 Å². The van der Waals surface area contributed by atoms with E-state index in [-0.39, 0.29) is 0 Å². The van der Waals surface area contributed by atoms with Crippen LogP contribution in [0.1, 0.15) is 0 Å². The van der Waals surface area contributed by atoms with E-state index in [1.165, 1.54) is 49.2 Å². The first-order chi connectivity index (χ1) is 27.7. The van der Waals surface area contributed by atoms with Crippen molar-refractivity contribution in [1.29, 1.82) is 0 Å². The molecule has 3 nitrogen and oxygen atoms in total. The van der Waals surface area contributed by atoms with Crippen molar-refractivity contribution in [2.24, 2.45) is 0 Å². The van der Waals surface area contributed by atoms with Gasteiger partial charge in [-0.3, -0.25) is 0 Å². The van der Waals surface area contributed by atoms with E-state index in [1.807, 2.05) is 0 Å². The van der Waals surface area contributed by atoms with E-state index in [0.717, 1.165) is 49.9 Å². The minimum Gasteiger partial charge on any atom is -0.436 e. The van der Waals surface area contributed by atoms with Crippen molar-refractivity contribution in [2.45, 2.75) is 0 Å². The Labute approximate surface area is 324 Å². The number of hydrogen-bond acceptors (Lipinski definition) is 3. The number of aromatic nitrogens is 1. The number of rotatable bonds is 6. The van der Waals surface area contributed by atoms with Gasteiger partial charge in [-0.05, 0) is 91.0 Å². The molecule has 3 heteroatoms. The Balaban J connectivity index is 1.09. The van der Waals surface area contributed by atoms with Crippen LogP contribution in [-0.2, 0) is 0 Å². The Morgan fingerprint density at radius 3 is 1.45 bits per heavy atom. The third kappa shape index (κ3) is 5.40. The van der Waals surface area contributed by atoms with Gasteiger partial charge in [-0.1, -0.05) is 164 Å². The smallest absolute Gasteiger partial charge is 0.227 e. The Morgan fingerprint density at radius 2 is 0.839 bits per heavy atom. The quantitative estimate of drug-likeness (QED) is 0.172. The summed E-state index contributed by atoms with van der Waals surface area (Å²) in [7, 11) is 0. The van der Waals surface area contributed by atoms with Gasteiger partial charge in [0.15, 0.2) is 5.58 Å².